The van der Waals surface area contributed by atoms with E-state index in [1.54, 1.807) is 0 Å². The third kappa shape index (κ3) is 2.97. The standard InChI is InChI=1S/C25H23NO2/c27-25(28)26-13-11-19(12-14-26)17-5-7-18(8-6-17)20-9-10-24-22(15-20)16-21-3-1-2-4-23(21)24/h1-10,15,19H,11-14,16H2,(H,27,28). The normalized spacial score (nSPS) is 15.9. The van der Waals surface area contributed by atoms with Crippen LogP contribution < -0.4 is 0 Å². The largest absolute Gasteiger partial charge is 0.465 e. The number of benzene rings is 3. The summed E-state index contributed by atoms with van der Waals surface area (Å²) in [4.78, 5) is 12.6. The molecule has 0 aromatic heterocycles. The zero-order valence-corrected chi connectivity index (χ0v) is 15.8. The molecule has 1 fully saturated rings. The van der Waals surface area contributed by atoms with E-state index < -0.39 is 6.09 Å². The maximum atomic E-state index is 11.1. The minimum atomic E-state index is -0.799. The molecule has 1 aliphatic carbocycles. The van der Waals surface area contributed by atoms with E-state index in [2.05, 4.69) is 66.7 Å². The molecule has 1 saturated heterocycles. The lowest BCUT2D eigenvalue weighted by molar-refractivity contribution is 0.132. The number of hydrogen-bond donors (Lipinski definition) is 1. The summed E-state index contributed by atoms with van der Waals surface area (Å²) < 4.78 is 0. The Hall–Kier alpha value is -3.07. The van der Waals surface area contributed by atoms with Gasteiger partial charge in [0.1, 0.15) is 0 Å². The molecule has 3 aromatic rings. The van der Waals surface area contributed by atoms with Crippen molar-refractivity contribution in [3.8, 4) is 22.3 Å². The Morgan fingerprint density at radius 2 is 1.50 bits per heavy atom. The van der Waals surface area contributed by atoms with Gasteiger partial charge in [0.05, 0.1) is 0 Å². The summed E-state index contributed by atoms with van der Waals surface area (Å²) in [5, 5.41) is 9.11. The van der Waals surface area contributed by atoms with Crippen molar-refractivity contribution >= 4 is 6.09 Å². The number of likely N-dealkylation sites (tertiary alicyclic amines) is 1. The van der Waals surface area contributed by atoms with Gasteiger partial charge in [0.25, 0.3) is 0 Å². The predicted octanol–water partition coefficient (Wildman–Crippen LogP) is 5.78. The molecule has 0 radical (unpaired) electrons. The van der Waals surface area contributed by atoms with Crippen molar-refractivity contribution in [3.63, 3.8) is 0 Å². The first-order valence-corrected chi connectivity index (χ1v) is 9.98. The molecular formula is C25H23NO2. The van der Waals surface area contributed by atoms with Crippen LogP contribution in [0.1, 0.15) is 35.4 Å². The van der Waals surface area contributed by atoms with Crippen LogP contribution in [0.2, 0.25) is 0 Å². The molecule has 0 saturated carbocycles. The van der Waals surface area contributed by atoms with Crippen LogP contribution >= 0.6 is 0 Å². The summed E-state index contributed by atoms with van der Waals surface area (Å²) in [7, 11) is 0. The highest BCUT2D eigenvalue weighted by Crippen LogP contribution is 2.38. The van der Waals surface area contributed by atoms with Gasteiger partial charge in [0, 0.05) is 13.1 Å². The van der Waals surface area contributed by atoms with E-state index in [0.29, 0.717) is 19.0 Å². The highest BCUT2D eigenvalue weighted by molar-refractivity contribution is 5.80. The summed E-state index contributed by atoms with van der Waals surface area (Å²) in [6, 6.07) is 24.3. The van der Waals surface area contributed by atoms with E-state index in [-0.39, 0.29) is 0 Å². The lowest BCUT2D eigenvalue weighted by Gasteiger charge is -2.30. The minimum absolute atomic E-state index is 0.458. The first-order valence-electron chi connectivity index (χ1n) is 9.98. The zero-order valence-electron chi connectivity index (χ0n) is 15.8. The van der Waals surface area contributed by atoms with Crippen LogP contribution in [0.3, 0.4) is 0 Å². The fourth-order valence-corrected chi connectivity index (χ4v) is 4.68. The van der Waals surface area contributed by atoms with E-state index in [0.717, 1.165) is 19.3 Å². The highest BCUT2D eigenvalue weighted by Gasteiger charge is 2.23. The van der Waals surface area contributed by atoms with Gasteiger partial charge in [0.15, 0.2) is 0 Å². The van der Waals surface area contributed by atoms with Crippen LogP contribution in [-0.4, -0.2) is 29.2 Å². The molecule has 1 aliphatic heterocycles. The third-order valence-corrected chi connectivity index (χ3v) is 6.27. The SMILES string of the molecule is O=C(O)N1CCC(c2ccc(-c3ccc4c(c3)Cc3ccccc3-4)cc2)CC1. The monoisotopic (exact) mass is 369 g/mol. The number of rotatable bonds is 2. The molecule has 2 aliphatic rings. The Morgan fingerprint density at radius 3 is 2.25 bits per heavy atom. The van der Waals surface area contributed by atoms with Crippen molar-refractivity contribution in [2.45, 2.75) is 25.2 Å². The fourth-order valence-electron chi connectivity index (χ4n) is 4.68. The summed E-state index contributed by atoms with van der Waals surface area (Å²) >= 11 is 0. The second-order valence-corrected chi connectivity index (χ2v) is 7.87. The van der Waals surface area contributed by atoms with Gasteiger partial charge in [-0.15, -0.1) is 0 Å². The van der Waals surface area contributed by atoms with Crippen molar-refractivity contribution < 1.29 is 9.90 Å². The maximum Gasteiger partial charge on any atom is 0.407 e. The van der Waals surface area contributed by atoms with Gasteiger partial charge >= 0.3 is 6.09 Å². The Labute approximate surface area is 165 Å². The quantitative estimate of drug-likeness (QED) is 0.486. The van der Waals surface area contributed by atoms with E-state index in [1.165, 1.54) is 43.8 Å². The molecule has 0 atom stereocenters. The van der Waals surface area contributed by atoms with E-state index in [9.17, 15) is 4.79 Å². The van der Waals surface area contributed by atoms with Crippen LogP contribution in [0.25, 0.3) is 22.3 Å². The number of hydrogen-bond acceptors (Lipinski definition) is 1. The molecule has 0 bridgehead atoms. The molecule has 0 unspecified atom stereocenters. The van der Waals surface area contributed by atoms with Crippen molar-refractivity contribution in [3.05, 3.63) is 83.4 Å². The first-order chi connectivity index (χ1) is 13.7. The molecule has 1 N–H and O–H groups in total. The molecule has 28 heavy (non-hydrogen) atoms. The number of piperidine rings is 1. The summed E-state index contributed by atoms with van der Waals surface area (Å²) in [6.07, 6.45) is 2.03. The molecule has 3 aromatic carbocycles. The molecule has 1 amide bonds. The Morgan fingerprint density at radius 1 is 0.821 bits per heavy atom. The highest BCUT2D eigenvalue weighted by atomic mass is 16.4. The average molecular weight is 369 g/mol. The number of carboxylic acid groups (broad SMARTS) is 1. The van der Waals surface area contributed by atoms with Gasteiger partial charge in [-0.3, -0.25) is 0 Å². The summed E-state index contributed by atoms with van der Waals surface area (Å²) in [5.41, 5.74) is 9.38. The van der Waals surface area contributed by atoms with Gasteiger partial charge in [-0.25, -0.2) is 4.79 Å². The van der Waals surface area contributed by atoms with E-state index in [4.69, 9.17) is 5.11 Å². The molecule has 3 heteroatoms. The molecule has 1 heterocycles. The number of fused-ring (bicyclic) bond motifs is 3. The Balaban J connectivity index is 1.34. The molecule has 140 valence electrons. The van der Waals surface area contributed by atoms with Crippen LogP contribution in [-0.2, 0) is 6.42 Å². The van der Waals surface area contributed by atoms with Crippen LogP contribution in [0, 0.1) is 0 Å². The van der Waals surface area contributed by atoms with E-state index >= 15 is 0 Å². The number of carbonyl (C=O) groups is 1. The maximum absolute atomic E-state index is 11.1. The lowest BCUT2D eigenvalue weighted by atomic mass is 9.88. The van der Waals surface area contributed by atoms with Gasteiger partial charge in [-0.05, 0) is 64.1 Å². The van der Waals surface area contributed by atoms with Gasteiger partial charge in [0.2, 0.25) is 0 Å². The second-order valence-electron chi connectivity index (χ2n) is 7.87. The van der Waals surface area contributed by atoms with E-state index in [1.807, 2.05) is 0 Å². The smallest absolute Gasteiger partial charge is 0.407 e. The summed E-state index contributed by atoms with van der Waals surface area (Å²) in [6.45, 7) is 1.26. The lowest BCUT2D eigenvalue weighted by Crippen LogP contribution is -2.36. The van der Waals surface area contributed by atoms with Crippen molar-refractivity contribution in [2.75, 3.05) is 13.1 Å². The van der Waals surface area contributed by atoms with Crippen molar-refractivity contribution in [1.29, 1.82) is 0 Å². The van der Waals surface area contributed by atoms with Crippen molar-refractivity contribution in [2.24, 2.45) is 0 Å². The Bertz CT molecular complexity index is 1030. The topological polar surface area (TPSA) is 40.5 Å². The number of nitrogens with zero attached hydrogens (tertiary/aromatic N) is 1. The van der Waals surface area contributed by atoms with Crippen molar-refractivity contribution in [1.82, 2.24) is 4.90 Å². The van der Waals surface area contributed by atoms with Crippen LogP contribution in [0.5, 0.6) is 0 Å². The molecule has 3 nitrogen and oxygen atoms in total. The minimum Gasteiger partial charge on any atom is -0.465 e. The van der Waals surface area contributed by atoms with Gasteiger partial charge < -0.3 is 10.0 Å². The molecule has 0 spiro atoms. The van der Waals surface area contributed by atoms with Crippen LogP contribution in [0.15, 0.2) is 66.7 Å². The fraction of sp³-hybridized carbons (Fsp3) is 0.240. The molecule has 5 rings (SSSR count). The Kier molecular flexibility index (Phi) is 4.16. The second kappa shape index (κ2) is 6.83. The first kappa shape index (κ1) is 17.1. The van der Waals surface area contributed by atoms with Crippen LogP contribution in [0.4, 0.5) is 4.79 Å². The zero-order chi connectivity index (χ0) is 19.1. The summed E-state index contributed by atoms with van der Waals surface area (Å²) in [5.74, 6) is 0.458. The third-order valence-electron chi connectivity index (χ3n) is 6.27. The number of amides is 1. The van der Waals surface area contributed by atoms with Gasteiger partial charge in [-0.2, -0.15) is 0 Å². The predicted molar refractivity (Wildman–Crippen MR) is 112 cm³/mol. The average Bonchev–Trinajstić information content (AvgIpc) is 3.12. The van der Waals surface area contributed by atoms with Gasteiger partial charge in [-0.1, -0.05) is 66.7 Å². The molecular weight excluding hydrogens is 346 g/mol.